The second kappa shape index (κ2) is 6.19. The molecular weight excluding hydrogens is 259 g/mol. The van der Waals surface area contributed by atoms with Crippen LogP contribution < -0.4 is 9.47 Å². The van der Waals surface area contributed by atoms with Gasteiger partial charge < -0.3 is 9.47 Å². The van der Waals surface area contributed by atoms with E-state index in [1.165, 1.54) is 24.3 Å². The van der Waals surface area contributed by atoms with Crippen molar-refractivity contribution >= 4 is 5.97 Å². The van der Waals surface area contributed by atoms with Gasteiger partial charge in [-0.1, -0.05) is 12.1 Å². The molecule has 0 saturated carbocycles. The summed E-state index contributed by atoms with van der Waals surface area (Å²) in [4.78, 5) is 12.0. The highest BCUT2D eigenvalue weighted by atomic mass is 19.1. The van der Waals surface area contributed by atoms with Gasteiger partial charge in [-0.05, 0) is 50.2 Å². The minimum Gasteiger partial charge on any atom is -0.487 e. The molecule has 0 aliphatic carbocycles. The summed E-state index contributed by atoms with van der Waals surface area (Å²) >= 11 is 0. The molecule has 2 aromatic carbocycles. The normalized spacial score (nSPS) is 10.4. The maximum absolute atomic E-state index is 12.8. The predicted molar refractivity (Wildman–Crippen MR) is 73.6 cm³/mol. The standard InChI is InChI=1S/C16H15FO3/c1-11(2)19-14-5-3-4-6-15(14)20-16(18)12-7-9-13(17)10-8-12/h3-11H,1-2H3. The molecule has 0 N–H and O–H groups in total. The third kappa shape index (κ3) is 3.57. The van der Waals surface area contributed by atoms with Gasteiger partial charge in [0.1, 0.15) is 5.82 Å². The molecule has 0 atom stereocenters. The molecule has 2 rings (SSSR count). The Balaban J connectivity index is 2.17. The molecular formula is C16H15FO3. The van der Waals surface area contributed by atoms with Gasteiger partial charge in [-0.25, -0.2) is 9.18 Å². The molecule has 4 heteroatoms. The number of para-hydroxylation sites is 2. The first-order chi connectivity index (χ1) is 9.56. The van der Waals surface area contributed by atoms with Gasteiger partial charge in [0, 0.05) is 0 Å². The molecule has 0 spiro atoms. The predicted octanol–water partition coefficient (Wildman–Crippen LogP) is 3.83. The molecule has 0 aliphatic rings. The molecule has 0 aliphatic heterocycles. The number of ether oxygens (including phenoxy) is 2. The molecule has 0 heterocycles. The summed E-state index contributed by atoms with van der Waals surface area (Å²) in [6.45, 7) is 3.77. The fraction of sp³-hybridized carbons (Fsp3) is 0.188. The first-order valence-electron chi connectivity index (χ1n) is 6.29. The molecule has 0 amide bonds. The lowest BCUT2D eigenvalue weighted by molar-refractivity contribution is 0.0725. The van der Waals surface area contributed by atoms with Crippen LogP contribution in [0.2, 0.25) is 0 Å². The summed E-state index contributed by atoms with van der Waals surface area (Å²) in [6.07, 6.45) is -0.0272. The minimum atomic E-state index is -0.551. The number of esters is 1. The Hall–Kier alpha value is -2.36. The van der Waals surface area contributed by atoms with Crippen LogP contribution in [0.15, 0.2) is 48.5 Å². The monoisotopic (exact) mass is 274 g/mol. The van der Waals surface area contributed by atoms with E-state index < -0.39 is 11.8 Å². The Morgan fingerprint density at radius 2 is 1.60 bits per heavy atom. The van der Waals surface area contributed by atoms with Crippen molar-refractivity contribution in [2.75, 3.05) is 0 Å². The quantitative estimate of drug-likeness (QED) is 0.628. The lowest BCUT2D eigenvalue weighted by Crippen LogP contribution is -2.11. The molecule has 0 bridgehead atoms. The Bertz CT molecular complexity index is 591. The number of rotatable bonds is 4. The largest absolute Gasteiger partial charge is 0.487 e. The van der Waals surface area contributed by atoms with Gasteiger partial charge in [0.2, 0.25) is 0 Å². The van der Waals surface area contributed by atoms with Crippen LogP contribution in [0.3, 0.4) is 0 Å². The molecule has 0 unspecified atom stereocenters. The summed E-state index contributed by atoms with van der Waals surface area (Å²) in [5.74, 6) is -0.108. The Morgan fingerprint density at radius 1 is 1.00 bits per heavy atom. The molecule has 0 aromatic heterocycles. The summed E-state index contributed by atoms with van der Waals surface area (Å²) in [5, 5.41) is 0. The zero-order chi connectivity index (χ0) is 14.5. The maximum Gasteiger partial charge on any atom is 0.343 e. The van der Waals surface area contributed by atoms with Gasteiger partial charge in [-0.2, -0.15) is 0 Å². The van der Waals surface area contributed by atoms with Crippen LogP contribution in [-0.2, 0) is 0 Å². The van der Waals surface area contributed by atoms with Crippen LogP contribution in [-0.4, -0.2) is 12.1 Å². The Morgan fingerprint density at radius 3 is 2.20 bits per heavy atom. The molecule has 2 aromatic rings. The first-order valence-corrected chi connectivity index (χ1v) is 6.29. The van der Waals surface area contributed by atoms with Crippen LogP contribution >= 0.6 is 0 Å². The number of halogens is 1. The van der Waals surface area contributed by atoms with E-state index in [1.807, 2.05) is 13.8 Å². The van der Waals surface area contributed by atoms with E-state index >= 15 is 0 Å². The van der Waals surface area contributed by atoms with Gasteiger partial charge in [-0.3, -0.25) is 0 Å². The van der Waals surface area contributed by atoms with Crippen LogP contribution in [0, 0.1) is 5.82 Å². The van der Waals surface area contributed by atoms with E-state index in [0.717, 1.165) is 0 Å². The lowest BCUT2D eigenvalue weighted by atomic mass is 10.2. The fourth-order valence-electron chi connectivity index (χ4n) is 1.63. The Kier molecular flexibility index (Phi) is 4.35. The topological polar surface area (TPSA) is 35.5 Å². The zero-order valence-electron chi connectivity index (χ0n) is 11.3. The van der Waals surface area contributed by atoms with Crippen molar-refractivity contribution in [2.45, 2.75) is 20.0 Å². The molecule has 104 valence electrons. The van der Waals surface area contributed by atoms with Crippen molar-refractivity contribution in [1.29, 1.82) is 0 Å². The van der Waals surface area contributed by atoms with E-state index in [2.05, 4.69) is 0 Å². The second-order valence-corrected chi connectivity index (χ2v) is 4.51. The SMILES string of the molecule is CC(C)Oc1ccccc1OC(=O)c1ccc(F)cc1. The average Bonchev–Trinajstić information content (AvgIpc) is 2.41. The van der Waals surface area contributed by atoms with Crippen molar-refractivity contribution in [3.05, 3.63) is 59.9 Å². The minimum absolute atomic E-state index is 0.0272. The van der Waals surface area contributed by atoms with Crippen molar-refractivity contribution in [3.63, 3.8) is 0 Å². The summed E-state index contributed by atoms with van der Waals surface area (Å²) in [5.41, 5.74) is 0.283. The first kappa shape index (κ1) is 14.1. The average molecular weight is 274 g/mol. The molecule has 3 nitrogen and oxygen atoms in total. The number of carbonyl (C=O) groups excluding carboxylic acids is 1. The summed E-state index contributed by atoms with van der Waals surface area (Å²) < 4.78 is 23.7. The summed E-state index contributed by atoms with van der Waals surface area (Å²) in [6, 6.07) is 12.1. The third-order valence-electron chi connectivity index (χ3n) is 2.49. The van der Waals surface area contributed by atoms with Gasteiger partial charge in [0.25, 0.3) is 0 Å². The van der Waals surface area contributed by atoms with Gasteiger partial charge >= 0.3 is 5.97 Å². The van der Waals surface area contributed by atoms with E-state index in [1.54, 1.807) is 24.3 Å². The van der Waals surface area contributed by atoms with Crippen molar-refractivity contribution in [3.8, 4) is 11.5 Å². The number of hydrogen-bond donors (Lipinski definition) is 0. The van der Waals surface area contributed by atoms with Gasteiger partial charge in [0.05, 0.1) is 11.7 Å². The van der Waals surface area contributed by atoms with Crippen molar-refractivity contribution < 1.29 is 18.7 Å². The van der Waals surface area contributed by atoms with E-state index in [4.69, 9.17) is 9.47 Å². The molecule has 0 radical (unpaired) electrons. The zero-order valence-corrected chi connectivity index (χ0v) is 11.3. The lowest BCUT2D eigenvalue weighted by Gasteiger charge is -2.13. The van der Waals surface area contributed by atoms with E-state index in [9.17, 15) is 9.18 Å². The fourth-order valence-corrected chi connectivity index (χ4v) is 1.63. The maximum atomic E-state index is 12.8. The van der Waals surface area contributed by atoms with E-state index in [-0.39, 0.29) is 11.7 Å². The van der Waals surface area contributed by atoms with Crippen molar-refractivity contribution in [2.24, 2.45) is 0 Å². The van der Waals surface area contributed by atoms with Crippen LogP contribution in [0.25, 0.3) is 0 Å². The number of hydrogen-bond acceptors (Lipinski definition) is 3. The summed E-state index contributed by atoms with van der Waals surface area (Å²) in [7, 11) is 0. The van der Waals surface area contributed by atoms with Gasteiger partial charge in [0.15, 0.2) is 11.5 Å². The second-order valence-electron chi connectivity index (χ2n) is 4.51. The number of carbonyl (C=O) groups is 1. The molecule has 0 saturated heterocycles. The van der Waals surface area contributed by atoms with Crippen LogP contribution in [0.5, 0.6) is 11.5 Å². The molecule has 20 heavy (non-hydrogen) atoms. The molecule has 0 fully saturated rings. The third-order valence-corrected chi connectivity index (χ3v) is 2.49. The highest BCUT2D eigenvalue weighted by Crippen LogP contribution is 2.28. The van der Waals surface area contributed by atoms with Crippen LogP contribution in [0.1, 0.15) is 24.2 Å². The highest BCUT2D eigenvalue weighted by Gasteiger charge is 2.13. The van der Waals surface area contributed by atoms with Crippen LogP contribution in [0.4, 0.5) is 4.39 Å². The van der Waals surface area contributed by atoms with E-state index in [0.29, 0.717) is 11.5 Å². The van der Waals surface area contributed by atoms with Crippen molar-refractivity contribution in [1.82, 2.24) is 0 Å². The highest BCUT2D eigenvalue weighted by molar-refractivity contribution is 5.91. The smallest absolute Gasteiger partial charge is 0.343 e. The Labute approximate surface area is 117 Å². The number of benzene rings is 2. The van der Waals surface area contributed by atoms with Gasteiger partial charge in [-0.15, -0.1) is 0 Å².